The van der Waals surface area contributed by atoms with Crippen molar-refractivity contribution in [2.24, 2.45) is 0 Å². The second kappa shape index (κ2) is 27.4. The highest BCUT2D eigenvalue weighted by molar-refractivity contribution is 7.01. The largest absolute Gasteiger partial charge is 0.513 e. The van der Waals surface area contributed by atoms with Gasteiger partial charge in [0, 0.05) is 5.56 Å². The van der Waals surface area contributed by atoms with E-state index in [4.69, 9.17) is 32.7 Å². The van der Waals surface area contributed by atoms with Crippen molar-refractivity contribution in [3.8, 4) is 5.75 Å². The lowest BCUT2D eigenvalue weighted by atomic mass is 9.74. The van der Waals surface area contributed by atoms with E-state index in [-0.39, 0.29) is 43.2 Å². The van der Waals surface area contributed by atoms with Crippen molar-refractivity contribution in [3.05, 3.63) is 157 Å². The van der Waals surface area contributed by atoms with Crippen LogP contribution in [0.5, 0.6) is 5.75 Å². The number of carbonyl (C=O) groups excluding carboxylic acids is 2. The molecule has 0 aromatic heterocycles. The fraction of sp³-hybridized carbons (Fsp3) is 0.529. The number of rotatable bonds is 19. The first-order chi connectivity index (χ1) is 35.3. The minimum Gasteiger partial charge on any atom is -0.434 e. The zero-order valence-electron chi connectivity index (χ0n) is 48.9. The molecule has 6 rings (SSSR count). The molecule has 0 amide bonds. The molecule has 5 aromatic carbocycles. The first-order valence-corrected chi connectivity index (χ1v) is 31.7. The fourth-order valence-electron chi connectivity index (χ4n) is 10.8. The number of fused-ring (bicyclic) bond motifs is 2. The summed E-state index contributed by atoms with van der Waals surface area (Å²) in [5.74, 6) is -0.157. The Morgan fingerprint density at radius 2 is 0.880 bits per heavy atom. The first kappa shape index (κ1) is 61.7. The summed E-state index contributed by atoms with van der Waals surface area (Å²) in [6.07, 6.45) is 18.0. The molecule has 0 fully saturated rings. The molecule has 7 heteroatoms. The van der Waals surface area contributed by atoms with Gasteiger partial charge in [-0.1, -0.05) is 292 Å². The molecule has 0 N–H and O–H groups in total. The molecule has 408 valence electrons. The van der Waals surface area contributed by atoms with Gasteiger partial charge in [0.05, 0.1) is 16.7 Å². The maximum absolute atomic E-state index is 11.8. The van der Waals surface area contributed by atoms with Crippen LogP contribution >= 0.6 is 23.2 Å². The molecule has 0 aliphatic carbocycles. The molecule has 0 radical (unpaired) electrons. The molecule has 1 aliphatic rings. The van der Waals surface area contributed by atoms with E-state index in [0.29, 0.717) is 12.2 Å². The lowest BCUT2D eigenvalue weighted by molar-refractivity contribution is 0.0973. The zero-order valence-corrected chi connectivity index (χ0v) is 51.4. The highest BCUT2D eigenvalue weighted by Gasteiger charge is 2.43. The summed E-state index contributed by atoms with van der Waals surface area (Å²) < 4.78 is 10.2. The molecule has 0 atom stereocenters. The average Bonchev–Trinajstić information content (AvgIpc) is 3.33. The maximum atomic E-state index is 11.8. The highest BCUT2D eigenvalue weighted by Crippen LogP contribution is 2.42. The second-order valence-corrected chi connectivity index (χ2v) is 30.6. The maximum Gasteiger partial charge on any atom is 0.513 e. The van der Waals surface area contributed by atoms with E-state index in [1.807, 2.05) is 0 Å². The van der Waals surface area contributed by atoms with Gasteiger partial charge in [-0.25, -0.2) is 4.79 Å². The number of hydrogen-bond acceptors (Lipinski definition) is 4. The Labute approximate surface area is 466 Å². The molecule has 75 heavy (non-hydrogen) atoms. The summed E-state index contributed by atoms with van der Waals surface area (Å²) in [6.45, 7) is 32.8. The average molecular weight is 1070 g/mol. The van der Waals surface area contributed by atoms with Crippen LogP contribution in [-0.4, -0.2) is 26.6 Å². The minimum atomic E-state index is -2.37. The van der Waals surface area contributed by atoms with Gasteiger partial charge in [-0.3, -0.25) is 4.79 Å². The van der Waals surface area contributed by atoms with Gasteiger partial charge < -0.3 is 9.47 Å². The van der Waals surface area contributed by atoms with Gasteiger partial charge in [-0.2, -0.15) is 0 Å². The Balaban J connectivity index is 0.000000297. The molecule has 1 heterocycles. The normalized spacial score (nSPS) is 13.7. The Hall–Kier alpha value is -4.16. The Kier molecular flexibility index (Phi) is 22.6. The molecule has 4 nitrogen and oxygen atoms in total. The molecular formula is C68H94Cl2O4Si. The summed E-state index contributed by atoms with van der Waals surface area (Å²) in [5, 5.41) is 3.30. The van der Waals surface area contributed by atoms with E-state index in [0.717, 1.165) is 37.8 Å². The topological polar surface area (TPSA) is 52.6 Å². The molecule has 0 saturated carbocycles. The monoisotopic (exact) mass is 1070 g/mol. The minimum absolute atomic E-state index is 0.0132. The summed E-state index contributed by atoms with van der Waals surface area (Å²) in [4.78, 5) is 23.2. The van der Waals surface area contributed by atoms with Crippen molar-refractivity contribution in [1.82, 2.24) is 0 Å². The van der Waals surface area contributed by atoms with Crippen LogP contribution < -0.4 is 15.1 Å². The number of carbonyl (C=O) groups is 2. The molecule has 0 bridgehead atoms. The third-order valence-corrected chi connectivity index (χ3v) is 20.7. The Bertz CT molecular complexity index is 2480. The van der Waals surface area contributed by atoms with Crippen molar-refractivity contribution in [1.29, 1.82) is 0 Å². The number of ether oxygens (including phenoxy) is 2. The van der Waals surface area contributed by atoms with Crippen LogP contribution in [0.15, 0.2) is 97.1 Å². The van der Waals surface area contributed by atoms with Crippen LogP contribution in [0.2, 0.25) is 10.0 Å². The van der Waals surface area contributed by atoms with Gasteiger partial charge >= 0.3 is 6.16 Å². The van der Waals surface area contributed by atoms with Crippen molar-refractivity contribution >= 4 is 53.6 Å². The highest BCUT2D eigenvalue weighted by atomic mass is 35.5. The second-order valence-electron chi connectivity index (χ2n) is 25.8. The van der Waals surface area contributed by atoms with E-state index < -0.39 is 14.2 Å². The van der Waals surface area contributed by atoms with Crippen molar-refractivity contribution < 1.29 is 19.1 Å². The van der Waals surface area contributed by atoms with Gasteiger partial charge in [0.15, 0.2) is 11.5 Å². The molecule has 0 unspecified atom stereocenters. The standard InChI is InChI=1S/C43H56Si.C25H38Cl2O4/c1-40(2,3)32-24-30-23-31-25-33(41(4,5)6)27-39(43(10,11)12)37(31)29-44(34-19-15-13-16-20-34,35-21-17-14-18-22-35)28-36(30)38(26-32)42(7,8)9;1-3-4-5-6-7-8-9-10-11-12-13-14-15-16-17-30-25(29)31-24-22(26)18-21(20(2)28)19-23(24)27/h13-22,24-27H,23,28-29H2,1-12H3;18-19H,3-17H2,1-2H3. The van der Waals surface area contributed by atoms with E-state index in [9.17, 15) is 9.59 Å². The lowest BCUT2D eigenvalue weighted by Crippen LogP contribution is -2.63. The van der Waals surface area contributed by atoms with Crippen LogP contribution in [0.25, 0.3) is 0 Å². The van der Waals surface area contributed by atoms with Gasteiger partial charge in [0.1, 0.15) is 8.07 Å². The van der Waals surface area contributed by atoms with Gasteiger partial charge in [0.25, 0.3) is 0 Å². The first-order valence-electron chi connectivity index (χ1n) is 28.6. The third-order valence-electron chi connectivity index (χ3n) is 15.3. The molecule has 1 aliphatic heterocycles. The number of halogens is 2. The van der Waals surface area contributed by atoms with Crippen LogP contribution in [0, 0.1) is 0 Å². The van der Waals surface area contributed by atoms with E-state index in [1.54, 1.807) is 21.5 Å². The number of ketones is 1. The molecule has 5 aromatic rings. The van der Waals surface area contributed by atoms with E-state index >= 15 is 0 Å². The van der Waals surface area contributed by atoms with Crippen LogP contribution in [0.4, 0.5) is 4.79 Å². The zero-order chi connectivity index (χ0) is 55.2. The van der Waals surface area contributed by atoms with Gasteiger partial charge in [-0.05, 0) is 110 Å². The smallest absolute Gasteiger partial charge is 0.434 e. The summed E-state index contributed by atoms with van der Waals surface area (Å²) in [7, 11) is -2.37. The Morgan fingerprint density at radius 3 is 1.23 bits per heavy atom. The predicted molar refractivity (Wildman–Crippen MR) is 325 cm³/mol. The quantitative estimate of drug-likeness (QED) is 0.0272. The molecule has 0 spiro atoms. The number of unbranched alkanes of at least 4 members (excludes halogenated alkanes) is 13. The number of benzene rings is 5. The van der Waals surface area contributed by atoms with E-state index in [1.165, 1.54) is 123 Å². The number of hydrogen-bond donors (Lipinski definition) is 0. The molecular weight excluding hydrogens is 980 g/mol. The lowest BCUT2D eigenvalue weighted by Gasteiger charge is -2.41. The predicted octanol–water partition coefficient (Wildman–Crippen LogP) is 19.1. The fourth-order valence-corrected chi connectivity index (χ4v) is 16.3. The van der Waals surface area contributed by atoms with Crippen LogP contribution in [0.1, 0.15) is 242 Å². The van der Waals surface area contributed by atoms with E-state index in [2.05, 4.69) is 175 Å². The summed E-state index contributed by atoms with van der Waals surface area (Å²) >= 11 is 12.1. The SMILES string of the molecule is CC(C)(C)c1cc2c(c(C(C)(C)C)c1)C[Si](c1ccccc1)(c1ccccc1)Cc1c(cc(C(C)(C)C)cc1C(C)(C)C)C2.CCCCCCCCCCCCCCCCOC(=O)Oc1c(Cl)cc(C(C)=O)cc1Cl. The number of Topliss-reactive ketones (excluding diaryl/α,β-unsaturated/α-hetero) is 1. The molecule has 0 saturated heterocycles. The van der Waals surface area contributed by atoms with Gasteiger partial charge in [-0.15, -0.1) is 0 Å². The van der Waals surface area contributed by atoms with Crippen molar-refractivity contribution in [3.63, 3.8) is 0 Å². The van der Waals surface area contributed by atoms with Crippen molar-refractivity contribution in [2.75, 3.05) is 6.61 Å². The third kappa shape index (κ3) is 17.7. The Morgan fingerprint density at radius 1 is 0.507 bits per heavy atom. The summed E-state index contributed by atoms with van der Waals surface area (Å²) in [6, 6.07) is 38.7. The summed E-state index contributed by atoms with van der Waals surface area (Å²) in [5.41, 5.74) is 12.9. The van der Waals surface area contributed by atoms with Gasteiger partial charge in [0.2, 0.25) is 0 Å². The van der Waals surface area contributed by atoms with Crippen molar-refractivity contribution in [2.45, 2.75) is 227 Å². The van der Waals surface area contributed by atoms with Crippen LogP contribution in [-0.2, 0) is 44.9 Å². The van der Waals surface area contributed by atoms with Crippen LogP contribution in [0.3, 0.4) is 0 Å².